The number of halogens is 10. The van der Waals surface area contributed by atoms with Gasteiger partial charge in [-0.1, -0.05) is 6.07 Å². The normalized spacial score (nSPS) is 14.0. The number of hydrogen-bond donors (Lipinski definition) is 0. The van der Waals surface area contributed by atoms with E-state index < -0.39 is 63.8 Å². The molecular formula is C13H10F10NO4S-. The van der Waals surface area contributed by atoms with Gasteiger partial charge in [-0.2, -0.15) is 43.9 Å². The van der Waals surface area contributed by atoms with Crippen LogP contribution in [0.5, 0.6) is 5.75 Å². The zero-order valence-corrected chi connectivity index (χ0v) is 14.7. The third-order valence-corrected chi connectivity index (χ3v) is 4.09. The summed E-state index contributed by atoms with van der Waals surface area (Å²) >= 11 is 0. The van der Waals surface area contributed by atoms with Crippen molar-refractivity contribution < 1.29 is 61.8 Å². The first-order valence-corrected chi connectivity index (χ1v) is 8.41. The van der Waals surface area contributed by atoms with Crippen molar-refractivity contribution in [3.8, 4) is 5.75 Å². The first-order chi connectivity index (χ1) is 12.8. The van der Waals surface area contributed by atoms with Gasteiger partial charge in [-0.25, -0.2) is 8.42 Å². The highest BCUT2D eigenvalue weighted by molar-refractivity contribution is 7.95. The molecule has 0 amide bonds. The largest absolute Gasteiger partial charge is 0.569 e. The van der Waals surface area contributed by atoms with E-state index in [4.69, 9.17) is 0 Å². The quantitative estimate of drug-likeness (QED) is 0.514. The summed E-state index contributed by atoms with van der Waals surface area (Å²) < 4.78 is 161. The molecule has 0 aliphatic carbocycles. The minimum absolute atomic E-state index is 0.0902. The van der Waals surface area contributed by atoms with E-state index in [1.165, 1.54) is 0 Å². The Morgan fingerprint density at radius 3 is 1.86 bits per heavy atom. The van der Waals surface area contributed by atoms with Crippen LogP contribution in [-0.4, -0.2) is 46.1 Å². The lowest BCUT2D eigenvalue weighted by molar-refractivity contribution is -0.239. The number of rotatable bonds is 8. The summed E-state index contributed by atoms with van der Waals surface area (Å²) in [5.74, 6) is -10.7. The van der Waals surface area contributed by atoms with Crippen molar-refractivity contribution in [1.29, 1.82) is 0 Å². The molecule has 0 saturated heterocycles. The molecule has 0 aliphatic rings. The summed E-state index contributed by atoms with van der Waals surface area (Å²) in [6.45, 7) is -3.84. The van der Waals surface area contributed by atoms with Crippen molar-refractivity contribution in [2.24, 2.45) is 0 Å². The first-order valence-electron chi connectivity index (χ1n) is 6.97. The Hall–Kier alpha value is -1.97. The van der Waals surface area contributed by atoms with Gasteiger partial charge in [0.15, 0.2) is 16.6 Å². The zero-order chi connectivity index (χ0) is 22.9. The van der Waals surface area contributed by atoms with E-state index in [1.807, 2.05) is 4.72 Å². The van der Waals surface area contributed by atoms with E-state index in [1.54, 1.807) is 0 Å². The molecule has 1 aromatic carbocycles. The van der Waals surface area contributed by atoms with Gasteiger partial charge in [-0.15, -0.1) is 5.69 Å². The molecule has 29 heavy (non-hydrogen) atoms. The summed E-state index contributed by atoms with van der Waals surface area (Å²) in [5, 5.41) is 0. The Balaban J connectivity index is 3.19. The molecule has 168 valence electrons. The molecule has 0 radical (unpaired) electrons. The molecule has 0 fully saturated rings. The van der Waals surface area contributed by atoms with Crippen LogP contribution in [-0.2, 0) is 20.9 Å². The van der Waals surface area contributed by atoms with Crippen LogP contribution in [0.2, 0.25) is 0 Å². The van der Waals surface area contributed by atoms with Gasteiger partial charge >= 0.3 is 23.5 Å². The molecule has 0 aliphatic heterocycles. The van der Waals surface area contributed by atoms with E-state index >= 15 is 0 Å². The highest BCUT2D eigenvalue weighted by atomic mass is 32.2. The van der Waals surface area contributed by atoms with Crippen LogP contribution < -0.4 is 4.74 Å². The monoisotopic (exact) mass is 466 g/mol. The second-order valence-corrected chi connectivity index (χ2v) is 6.92. The van der Waals surface area contributed by atoms with Crippen molar-refractivity contribution in [3.63, 3.8) is 0 Å². The predicted octanol–water partition coefficient (Wildman–Crippen LogP) is 4.86. The van der Waals surface area contributed by atoms with Gasteiger partial charge in [0, 0.05) is 12.7 Å². The number of benzene rings is 1. The van der Waals surface area contributed by atoms with Crippen LogP contribution in [0, 0.1) is 0 Å². The lowest BCUT2D eigenvalue weighted by Gasteiger charge is -2.28. The van der Waals surface area contributed by atoms with E-state index in [9.17, 15) is 52.3 Å². The molecule has 0 N–H and O–H groups in total. The highest BCUT2D eigenvalue weighted by Crippen LogP contribution is 2.44. The lowest BCUT2D eigenvalue weighted by Crippen LogP contribution is -2.48. The first kappa shape index (κ1) is 25.1. The number of sulfonamides is 1. The average molecular weight is 466 g/mol. The van der Waals surface area contributed by atoms with Crippen LogP contribution in [0.15, 0.2) is 18.2 Å². The second kappa shape index (κ2) is 8.04. The SMILES string of the molecule is COCC(F)(F)C(F)(F)COc1ccc([N-]S(=O)(=O)C(F)(F)F)c(C(F)(F)F)c1. The van der Waals surface area contributed by atoms with Crippen molar-refractivity contribution in [2.75, 3.05) is 20.3 Å². The fraction of sp³-hybridized carbons (Fsp3) is 0.538. The Morgan fingerprint density at radius 1 is 0.897 bits per heavy atom. The van der Waals surface area contributed by atoms with Crippen LogP contribution in [0.4, 0.5) is 49.6 Å². The maximum Gasteiger partial charge on any atom is 0.483 e. The van der Waals surface area contributed by atoms with Gasteiger partial charge in [0.25, 0.3) is 0 Å². The number of nitrogens with zero attached hydrogens (tertiary/aromatic N) is 1. The number of hydrogen-bond acceptors (Lipinski definition) is 4. The van der Waals surface area contributed by atoms with Crippen molar-refractivity contribution in [1.82, 2.24) is 0 Å². The van der Waals surface area contributed by atoms with Crippen molar-refractivity contribution in [2.45, 2.75) is 23.5 Å². The topological polar surface area (TPSA) is 66.7 Å². The van der Waals surface area contributed by atoms with Gasteiger partial charge in [-0.3, -0.25) is 0 Å². The molecule has 0 saturated carbocycles. The summed E-state index contributed by atoms with van der Waals surface area (Å²) in [4.78, 5) is 0. The van der Waals surface area contributed by atoms with Gasteiger partial charge < -0.3 is 14.2 Å². The molecule has 0 bridgehead atoms. The van der Waals surface area contributed by atoms with Crippen molar-refractivity contribution in [3.05, 3.63) is 28.5 Å². The Kier molecular flexibility index (Phi) is 6.95. The minimum Gasteiger partial charge on any atom is -0.569 e. The van der Waals surface area contributed by atoms with Gasteiger partial charge in [-0.05, 0) is 12.1 Å². The fourth-order valence-corrected chi connectivity index (χ4v) is 2.18. The number of alkyl halides is 10. The molecule has 1 rings (SSSR count). The predicted molar refractivity (Wildman–Crippen MR) is 76.7 cm³/mol. The van der Waals surface area contributed by atoms with Crippen LogP contribution in [0.1, 0.15) is 5.56 Å². The molecule has 0 atom stereocenters. The van der Waals surface area contributed by atoms with E-state index in [-0.39, 0.29) is 12.1 Å². The number of ether oxygens (including phenoxy) is 2. The van der Waals surface area contributed by atoms with Crippen LogP contribution in [0.3, 0.4) is 0 Å². The van der Waals surface area contributed by atoms with Crippen LogP contribution >= 0.6 is 0 Å². The molecule has 5 nitrogen and oxygen atoms in total. The zero-order valence-electron chi connectivity index (χ0n) is 13.9. The third kappa shape index (κ3) is 6.01. The van der Waals surface area contributed by atoms with Crippen molar-refractivity contribution >= 4 is 15.7 Å². The number of methoxy groups -OCH3 is 1. The molecule has 0 heterocycles. The molecule has 0 aromatic heterocycles. The highest BCUT2D eigenvalue weighted by Gasteiger charge is 2.57. The maximum absolute atomic E-state index is 13.4. The van der Waals surface area contributed by atoms with Gasteiger partial charge in [0.1, 0.15) is 12.4 Å². The summed E-state index contributed by atoms with van der Waals surface area (Å²) in [6, 6.07) is 0.284. The Morgan fingerprint density at radius 2 is 1.41 bits per heavy atom. The molecular weight excluding hydrogens is 456 g/mol. The third-order valence-electron chi connectivity index (χ3n) is 3.07. The summed E-state index contributed by atoms with van der Waals surface area (Å²) in [5.41, 5.74) is -9.80. The van der Waals surface area contributed by atoms with Crippen LogP contribution in [0.25, 0.3) is 4.72 Å². The second-order valence-electron chi connectivity index (χ2n) is 5.32. The molecule has 0 unspecified atom stereocenters. The molecule has 1 aromatic rings. The smallest absolute Gasteiger partial charge is 0.483 e. The Bertz CT molecular complexity index is 820. The standard InChI is InChI=1S/C13H10F10NO4S/c1-27-5-10(14,15)11(16,17)6-28-7-2-3-9(8(4-7)12(18,19)20)24-29(25,26)13(21,22)23/h2-4H,5-6H2,1H3/q-1. The van der Waals surface area contributed by atoms with Gasteiger partial charge in [0.05, 0.1) is 0 Å². The molecule has 16 heteroatoms. The lowest BCUT2D eigenvalue weighted by atomic mass is 10.1. The van der Waals surface area contributed by atoms with E-state index in [0.717, 1.165) is 0 Å². The minimum atomic E-state index is -6.36. The maximum atomic E-state index is 13.4. The Labute approximate surface area is 156 Å². The summed E-state index contributed by atoms with van der Waals surface area (Å²) in [7, 11) is -5.66. The fourth-order valence-electron chi connectivity index (χ4n) is 1.66. The summed E-state index contributed by atoms with van der Waals surface area (Å²) in [6.07, 6.45) is -5.48. The average Bonchev–Trinajstić information content (AvgIpc) is 2.51. The van der Waals surface area contributed by atoms with Gasteiger partial charge in [0.2, 0.25) is 0 Å². The van der Waals surface area contributed by atoms with E-state index in [2.05, 4.69) is 9.47 Å². The molecule has 0 spiro atoms. The van der Waals surface area contributed by atoms with E-state index in [0.29, 0.717) is 13.2 Å².